The predicted octanol–water partition coefficient (Wildman–Crippen LogP) is 3.28. The molecule has 0 saturated heterocycles. The predicted molar refractivity (Wildman–Crippen MR) is 99.3 cm³/mol. The SMILES string of the molecule is O=C(O)c1ccc(NC/C=C/CNc2ccccc2[N+](=O)[O-])c([N+](=O)[O-])c1. The maximum Gasteiger partial charge on any atom is 0.335 e. The van der Waals surface area contributed by atoms with Gasteiger partial charge in [-0.1, -0.05) is 24.3 Å². The molecule has 0 fully saturated rings. The number of nitrogens with zero attached hydrogens (tertiary/aromatic N) is 2. The summed E-state index contributed by atoms with van der Waals surface area (Å²) in [7, 11) is 0. The van der Waals surface area contributed by atoms with Crippen LogP contribution in [-0.2, 0) is 0 Å². The van der Waals surface area contributed by atoms with Gasteiger partial charge in [-0.15, -0.1) is 0 Å². The van der Waals surface area contributed by atoms with Crippen molar-refractivity contribution in [3.63, 3.8) is 0 Å². The summed E-state index contributed by atoms with van der Waals surface area (Å²) in [6, 6.07) is 9.85. The highest BCUT2D eigenvalue weighted by Crippen LogP contribution is 2.25. The van der Waals surface area contributed by atoms with E-state index in [1.807, 2.05) is 0 Å². The number of carboxylic acid groups (broad SMARTS) is 1. The number of aromatic carboxylic acids is 1. The second-order valence-corrected chi connectivity index (χ2v) is 5.30. The first kappa shape index (κ1) is 19.4. The van der Waals surface area contributed by atoms with Crippen molar-refractivity contribution in [2.75, 3.05) is 23.7 Å². The third-order valence-corrected chi connectivity index (χ3v) is 3.53. The Morgan fingerprint density at radius 2 is 1.48 bits per heavy atom. The Hall–Kier alpha value is -3.95. The zero-order valence-electron chi connectivity index (χ0n) is 14.0. The van der Waals surface area contributed by atoms with Crippen LogP contribution in [0.3, 0.4) is 0 Å². The quantitative estimate of drug-likeness (QED) is 0.345. The van der Waals surface area contributed by atoms with Crippen molar-refractivity contribution < 1.29 is 19.7 Å². The molecule has 0 bridgehead atoms. The molecule has 2 rings (SSSR count). The van der Waals surface area contributed by atoms with Gasteiger partial charge in [0.1, 0.15) is 11.4 Å². The number of carboxylic acids is 1. The molecular formula is C17H16N4O6. The highest BCUT2D eigenvalue weighted by molar-refractivity contribution is 5.89. The Labute approximate surface area is 153 Å². The Balaban J connectivity index is 1.92. The molecule has 10 nitrogen and oxygen atoms in total. The summed E-state index contributed by atoms with van der Waals surface area (Å²) in [5.74, 6) is -1.24. The number of nitro groups is 2. The van der Waals surface area contributed by atoms with Gasteiger partial charge in [0.15, 0.2) is 0 Å². The topological polar surface area (TPSA) is 148 Å². The fraction of sp³-hybridized carbons (Fsp3) is 0.118. The van der Waals surface area contributed by atoms with Gasteiger partial charge in [-0.2, -0.15) is 0 Å². The van der Waals surface area contributed by atoms with E-state index in [-0.39, 0.29) is 29.2 Å². The highest BCUT2D eigenvalue weighted by Gasteiger charge is 2.16. The molecule has 140 valence electrons. The van der Waals surface area contributed by atoms with Crippen LogP contribution in [0.25, 0.3) is 0 Å². The Bertz CT molecular complexity index is 897. The van der Waals surface area contributed by atoms with Crippen molar-refractivity contribution in [1.29, 1.82) is 0 Å². The van der Waals surface area contributed by atoms with Crippen LogP contribution in [0.2, 0.25) is 0 Å². The minimum absolute atomic E-state index is 0.0295. The molecule has 0 aliphatic rings. The lowest BCUT2D eigenvalue weighted by molar-refractivity contribution is -0.384. The Kier molecular flexibility index (Phi) is 6.42. The molecule has 2 aromatic rings. The van der Waals surface area contributed by atoms with Gasteiger partial charge in [-0.3, -0.25) is 20.2 Å². The monoisotopic (exact) mass is 372 g/mol. The first-order valence-corrected chi connectivity index (χ1v) is 7.78. The molecule has 0 spiro atoms. The molecule has 0 aliphatic heterocycles. The molecule has 0 amide bonds. The lowest BCUT2D eigenvalue weighted by atomic mass is 10.1. The molecule has 0 atom stereocenters. The van der Waals surface area contributed by atoms with Gasteiger partial charge in [0.2, 0.25) is 0 Å². The normalized spacial score (nSPS) is 10.5. The van der Waals surface area contributed by atoms with E-state index in [4.69, 9.17) is 5.11 Å². The van der Waals surface area contributed by atoms with Crippen molar-refractivity contribution in [3.8, 4) is 0 Å². The van der Waals surface area contributed by atoms with Gasteiger partial charge < -0.3 is 15.7 Å². The lowest BCUT2D eigenvalue weighted by Gasteiger charge is -2.06. The zero-order valence-corrected chi connectivity index (χ0v) is 14.0. The largest absolute Gasteiger partial charge is 0.478 e. The Morgan fingerprint density at radius 3 is 2.04 bits per heavy atom. The molecule has 0 aromatic heterocycles. The van der Waals surface area contributed by atoms with Crippen molar-refractivity contribution in [2.24, 2.45) is 0 Å². The molecular weight excluding hydrogens is 356 g/mol. The van der Waals surface area contributed by atoms with Crippen molar-refractivity contribution >= 4 is 28.7 Å². The molecule has 0 unspecified atom stereocenters. The number of hydrogen-bond donors (Lipinski definition) is 3. The fourth-order valence-corrected chi connectivity index (χ4v) is 2.25. The van der Waals surface area contributed by atoms with E-state index >= 15 is 0 Å². The van der Waals surface area contributed by atoms with Crippen LogP contribution in [0.5, 0.6) is 0 Å². The van der Waals surface area contributed by atoms with E-state index in [0.29, 0.717) is 12.2 Å². The average Bonchev–Trinajstić information content (AvgIpc) is 2.64. The maximum atomic E-state index is 11.1. The number of nitro benzene ring substituents is 2. The summed E-state index contributed by atoms with van der Waals surface area (Å²) in [4.78, 5) is 31.7. The van der Waals surface area contributed by atoms with Crippen LogP contribution in [-0.4, -0.2) is 34.0 Å². The summed E-state index contributed by atoms with van der Waals surface area (Å²) < 4.78 is 0. The standard InChI is InChI=1S/C17H16N4O6/c22-17(23)12-7-8-14(16(11-12)21(26)27)19-10-4-3-9-18-13-5-1-2-6-15(13)20(24)25/h1-8,11,18-19H,9-10H2,(H,22,23)/b4-3+. The number of carbonyl (C=O) groups is 1. The molecule has 2 aromatic carbocycles. The van der Waals surface area contributed by atoms with Crippen LogP contribution in [0.1, 0.15) is 10.4 Å². The van der Waals surface area contributed by atoms with Gasteiger partial charge >= 0.3 is 5.97 Å². The fourth-order valence-electron chi connectivity index (χ4n) is 2.25. The minimum atomic E-state index is -1.24. The van der Waals surface area contributed by atoms with Gasteiger partial charge in [0.25, 0.3) is 11.4 Å². The number of nitrogens with one attached hydrogen (secondary N) is 2. The highest BCUT2D eigenvalue weighted by atomic mass is 16.6. The first-order chi connectivity index (χ1) is 12.9. The first-order valence-electron chi connectivity index (χ1n) is 7.78. The van der Waals surface area contributed by atoms with Crippen LogP contribution in [0.4, 0.5) is 22.7 Å². The smallest absolute Gasteiger partial charge is 0.335 e. The van der Waals surface area contributed by atoms with Crippen molar-refractivity contribution in [3.05, 3.63) is 80.4 Å². The van der Waals surface area contributed by atoms with Gasteiger partial charge in [0, 0.05) is 25.2 Å². The van der Waals surface area contributed by atoms with E-state index in [2.05, 4.69) is 10.6 Å². The average molecular weight is 372 g/mol. The Morgan fingerprint density at radius 1 is 0.926 bits per heavy atom. The third kappa shape index (κ3) is 5.26. The molecule has 27 heavy (non-hydrogen) atoms. The summed E-state index contributed by atoms with van der Waals surface area (Å²) in [6.45, 7) is 0.582. The van der Waals surface area contributed by atoms with E-state index < -0.39 is 15.8 Å². The van der Waals surface area contributed by atoms with E-state index in [9.17, 15) is 25.0 Å². The van der Waals surface area contributed by atoms with Crippen molar-refractivity contribution in [2.45, 2.75) is 0 Å². The molecule has 0 aliphatic carbocycles. The van der Waals surface area contributed by atoms with Crippen LogP contribution in [0.15, 0.2) is 54.6 Å². The molecule has 10 heteroatoms. The second-order valence-electron chi connectivity index (χ2n) is 5.30. The summed E-state index contributed by atoms with van der Waals surface area (Å²) >= 11 is 0. The van der Waals surface area contributed by atoms with E-state index in [0.717, 1.165) is 6.07 Å². The second kappa shape index (κ2) is 8.94. The van der Waals surface area contributed by atoms with Crippen LogP contribution in [0, 0.1) is 20.2 Å². The summed E-state index contributed by atoms with van der Waals surface area (Å²) in [6.07, 6.45) is 3.40. The summed E-state index contributed by atoms with van der Waals surface area (Å²) in [5, 5.41) is 36.6. The molecule has 3 N–H and O–H groups in total. The van der Waals surface area contributed by atoms with Gasteiger partial charge in [-0.25, -0.2) is 4.79 Å². The third-order valence-electron chi connectivity index (χ3n) is 3.53. The molecule has 0 heterocycles. The number of anilines is 2. The lowest BCUT2D eigenvalue weighted by Crippen LogP contribution is -2.05. The molecule has 0 saturated carbocycles. The zero-order chi connectivity index (χ0) is 19.8. The number of rotatable bonds is 9. The van der Waals surface area contributed by atoms with Crippen LogP contribution < -0.4 is 10.6 Å². The van der Waals surface area contributed by atoms with E-state index in [1.165, 1.54) is 18.2 Å². The number of para-hydroxylation sites is 2. The maximum absolute atomic E-state index is 11.1. The number of benzene rings is 2. The minimum Gasteiger partial charge on any atom is -0.478 e. The number of hydrogen-bond acceptors (Lipinski definition) is 7. The van der Waals surface area contributed by atoms with Crippen LogP contribution >= 0.6 is 0 Å². The van der Waals surface area contributed by atoms with Gasteiger partial charge in [-0.05, 0) is 18.2 Å². The van der Waals surface area contributed by atoms with E-state index in [1.54, 1.807) is 30.4 Å². The molecule has 0 radical (unpaired) electrons. The van der Waals surface area contributed by atoms with Crippen molar-refractivity contribution in [1.82, 2.24) is 0 Å². The van der Waals surface area contributed by atoms with Gasteiger partial charge in [0.05, 0.1) is 15.4 Å². The summed E-state index contributed by atoms with van der Waals surface area (Å²) in [5.41, 5.74) is 0.0530.